The second-order valence-corrected chi connectivity index (χ2v) is 5.37. The first kappa shape index (κ1) is 18.2. The molecule has 1 rings (SSSR count). The summed E-state index contributed by atoms with van der Waals surface area (Å²) in [5.41, 5.74) is 4.93. The lowest BCUT2D eigenvalue weighted by molar-refractivity contribution is 0.735. The molecule has 19 heavy (non-hydrogen) atoms. The Hall–Kier alpha value is -0.820. The summed E-state index contributed by atoms with van der Waals surface area (Å²) in [7, 11) is 0. The molecular formula is C18H32O. The Kier molecular flexibility index (Phi) is 10.6. The van der Waals surface area contributed by atoms with E-state index in [0.29, 0.717) is 0 Å². The van der Waals surface area contributed by atoms with Gasteiger partial charge in [-0.15, -0.1) is 0 Å². The van der Waals surface area contributed by atoms with Crippen LogP contribution in [0, 0.1) is 0 Å². The lowest BCUT2D eigenvalue weighted by Crippen LogP contribution is -2.01. The first-order chi connectivity index (χ1) is 8.83. The zero-order valence-corrected chi connectivity index (χ0v) is 13.1. The fourth-order valence-corrected chi connectivity index (χ4v) is 2.57. The Bertz CT molecular complexity index is 304. The van der Waals surface area contributed by atoms with Gasteiger partial charge in [0.15, 0.2) is 0 Å². The number of benzene rings is 1. The summed E-state index contributed by atoms with van der Waals surface area (Å²) in [4.78, 5) is 0. The Morgan fingerprint density at radius 2 is 1.11 bits per heavy atom. The van der Waals surface area contributed by atoms with Crippen molar-refractivity contribution in [3.8, 4) is 0 Å². The number of hydrogen-bond donors (Lipinski definition) is 0. The van der Waals surface area contributed by atoms with Crippen LogP contribution < -0.4 is 0 Å². The third kappa shape index (κ3) is 6.24. The van der Waals surface area contributed by atoms with Gasteiger partial charge in [0.05, 0.1) is 0 Å². The van der Waals surface area contributed by atoms with Gasteiger partial charge in [0, 0.05) is 0 Å². The minimum Gasteiger partial charge on any atom is -0.412 e. The van der Waals surface area contributed by atoms with Gasteiger partial charge in [0.1, 0.15) is 0 Å². The SMILES string of the molecule is CCCCc1cccc(CCCC)c1CCCC.O. The number of unbranched alkanes of at least 4 members (excludes halogenated alkanes) is 3. The molecule has 0 unspecified atom stereocenters. The van der Waals surface area contributed by atoms with Crippen LogP contribution in [-0.2, 0) is 19.3 Å². The van der Waals surface area contributed by atoms with Crippen LogP contribution in [0.5, 0.6) is 0 Å². The first-order valence-electron chi connectivity index (χ1n) is 7.93. The molecule has 0 radical (unpaired) electrons. The summed E-state index contributed by atoms with van der Waals surface area (Å²) in [6.45, 7) is 6.86. The molecule has 0 saturated heterocycles. The zero-order valence-electron chi connectivity index (χ0n) is 13.1. The van der Waals surface area contributed by atoms with Gasteiger partial charge in [-0.05, 0) is 55.2 Å². The highest BCUT2D eigenvalue weighted by atomic mass is 16.0. The average Bonchev–Trinajstić information content (AvgIpc) is 2.41. The van der Waals surface area contributed by atoms with Crippen molar-refractivity contribution in [2.45, 2.75) is 78.6 Å². The fraction of sp³-hybridized carbons (Fsp3) is 0.667. The predicted molar refractivity (Wildman–Crippen MR) is 85.9 cm³/mol. The smallest absolute Gasteiger partial charge is 0.0274 e. The van der Waals surface area contributed by atoms with Crippen LogP contribution in [0.1, 0.15) is 76.0 Å². The van der Waals surface area contributed by atoms with E-state index in [9.17, 15) is 0 Å². The Balaban J connectivity index is 0.00000324. The van der Waals surface area contributed by atoms with E-state index < -0.39 is 0 Å². The standard InChI is InChI=1S/C18H30.H2O/c1-4-7-11-16-13-10-14-17(12-8-5-2)18(16)15-9-6-3;/h10,13-14H,4-9,11-12,15H2,1-3H3;1H2. The molecule has 0 aliphatic carbocycles. The van der Waals surface area contributed by atoms with Crippen LogP contribution in [0.2, 0.25) is 0 Å². The highest BCUT2D eigenvalue weighted by molar-refractivity contribution is 5.36. The minimum atomic E-state index is 0. The minimum absolute atomic E-state index is 0. The monoisotopic (exact) mass is 264 g/mol. The van der Waals surface area contributed by atoms with Crippen molar-refractivity contribution >= 4 is 0 Å². The quantitative estimate of drug-likeness (QED) is 0.608. The van der Waals surface area contributed by atoms with Crippen LogP contribution in [0.4, 0.5) is 0 Å². The molecule has 0 atom stereocenters. The van der Waals surface area contributed by atoms with Crippen LogP contribution in [0.25, 0.3) is 0 Å². The second kappa shape index (κ2) is 11.0. The van der Waals surface area contributed by atoms with Crippen molar-refractivity contribution in [2.75, 3.05) is 0 Å². The molecule has 0 fully saturated rings. The van der Waals surface area contributed by atoms with Gasteiger partial charge >= 0.3 is 0 Å². The van der Waals surface area contributed by atoms with Gasteiger partial charge in [0.25, 0.3) is 0 Å². The van der Waals surface area contributed by atoms with Gasteiger partial charge in [-0.25, -0.2) is 0 Å². The second-order valence-electron chi connectivity index (χ2n) is 5.37. The summed E-state index contributed by atoms with van der Waals surface area (Å²) in [5.74, 6) is 0. The van der Waals surface area contributed by atoms with E-state index in [0.717, 1.165) is 0 Å². The molecule has 0 spiro atoms. The third-order valence-electron chi connectivity index (χ3n) is 3.75. The normalized spacial score (nSPS) is 10.3. The van der Waals surface area contributed by atoms with Crippen molar-refractivity contribution in [1.82, 2.24) is 0 Å². The van der Waals surface area contributed by atoms with E-state index in [1.807, 2.05) is 0 Å². The Morgan fingerprint density at radius 3 is 1.53 bits per heavy atom. The number of hydrogen-bond acceptors (Lipinski definition) is 0. The Labute approximate surface area is 119 Å². The third-order valence-corrected chi connectivity index (χ3v) is 3.75. The van der Waals surface area contributed by atoms with Gasteiger partial charge in [-0.3, -0.25) is 0 Å². The van der Waals surface area contributed by atoms with Gasteiger partial charge < -0.3 is 5.48 Å². The summed E-state index contributed by atoms with van der Waals surface area (Å²) < 4.78 is 0. The van der Waals surface area contributed by atoms with E-state index in [4.69, 9.17) is 0 Å². The molecule has 0 amide bonds. The molecule has 0 aliphatic heterocycles. The van der Waals surface area contributed by atoms with Gasteiger partial charge in [-0.1, -0.05) is 58.2 Å². The van der Waals surface area contributed by atoms with Gasteiger partial charge in [-0.2, -0.15) is 0 Å². The molecule has 110 valence electrons. The number of rotatable bonds is 9. The van der Waals surface area contributed by atoms with Crippen molar-refractivity contribution in [3.63, 3.8) is 0 Å². The van der Waals surface area contributed by atoms with Crippen molar-refractivity contribution in [1.29, 1.82) is 0 Å². The fourth-order valence-electron chi connectivity index (χ4n) is 2.57. The first-order valence-corrected chi connectivity index (χ1v) is 7.93. The van der Waals surface area contributed by atoms with Crippen molar-refractivity contribution in [2.24, 2.45) is 0 Å². The van der Waals surface area contributed by atoms with E-state index in [-0.39, 0.29) is 5.48 Å². The van der Waals surface area contributed by atoms with E-state index >= 15 is 0 Å². The highest BCUT2D eigenvalue weighted by Gasteiger charge is 2.07. The van der Waals surface area contributed by atoms with Crippen LogP contribution in [0.15, 0.2) is 18.2 Å². The maximum Gasteiger partial charge on any atom is -0.0274 e. The largest absolute Gasteiger partial charge is 0.412 e. The number of aryl methyl sites for hydroxylation is 2. The van der Waals surface area contributed by atoms with Crippen molar-refractivity contribution < 1.29 is 5.48 Å². The van der Waals surface area contributed by atoms with E-state index in [2.05, 4.69) is 39.0 Å². The highest BCUT2D eigenvalue weighted by Crippen LogP contribution is 2.21. The molecule has 1 aromatic rings. The van der Waals surface area contributed by atoms with E-state index in [1.54, 1.807) is 16.7 Å². The van der Waals surface area contributed by atoms with Crippen LogP contribution >= 0.6 is 0 Å². The molecule has 1 heteroatoms. The summed E-state index contributed by atoms with van der Waals surface area (Å²) in [6.07, 6.45) is 11.7. The Morgan fingerprint density at radius 1 is 0.684 bits per heavy atom. The molecule has 2 N–H and O–H groups in total. The summed E-state index contributed by atoms with van der Waals surface area (Å²) in [5, 5.41) is 0. The summed E-state index contributed by atoms with van der Waals surface area (Å²) in [6, 6.07) is 6.98. The lowest BCUT2D eigenvalue weighted by Gasteiger charge is -2.14. The van der Waals surface area contributed by atoms with E-state index in [1.165, 1.54) is 57.8 Å². The van der Waals surface area contributed by atoms with Crippen LogP contribution in [0.3, 0.4) is 0 Å². The maximum absolute atomic E-state index is 2.36. The molecule has 1 aromatic carbocycles. The lowest BCUT2D eigenvalue weighted by atomic mass is 9.91. The molecule has 0 heterocycles. The molecular weight excluding hydrogens is 232 g/mol. The summed E-state index contributed by atoms with van der Waals surface area (Å²) >= 11 is 0. The predicted octanol–water partition coefficient (Wildman–Crippen LogP) is 4.89. The molecule has 0 saturated carbocycles. The van der Waals surface area contributed by atoms with Crippen molar-refractivity contribution in [3.05, 3.63) is 34.9 Å². The van der Waals surface area contributed by atoms with Gasteiger partial charge in [0.2, 0.25) is 0 Å². The topological polar surface area (TPSA) is 31.5 Å². The molecule has 0 bridgehead atoms. The van der Waals surface area contributed by atoms with Crippen LogP contribution in [-0.4, -0.2) is 5.48 Å². The zero-order chi connectivity index (χ0) is 13.2. The molecule has 0 aliphatic rings. The average molecular weight is 264 g/mol. The molecule has 0 aromatic heterocycles. The maximum atomic E-state index is 2.36. The molecule has 1 nitrogen and oxygen atoms in total.